The lowest BCUT2D eigenvalue weighted by atomic mass is 9.99. The molecule has 0 radical (unpaired) electrons. The predicted molar refractivity (Wildman–Crippen MR) is 98.2 cm³/mol. The van der Waals surface area contributed by atoms with E-state index >= 15 is 0 Å². The van der Waals surface area contributed by atoms with Gasteiger partial charge in [-0.25, -0.2) is 9.78 Å². The normalized spacial score (nSPS) is 10.9. The summed E-state index contributed by atoms with van der Waals surface area (Å²) in [5.41, 5.74) is 2.86. The van der Waals surface area contributed by atoms with Gasteiger partial charge in [-0.05, 0) is 35.7 Å². The lowest BCUT2D eigenvalue weighted by molar-refractivity contribution is 0.0697. The summed E-state index contributed by atoms with van der Waals surface area (Å²) < 4.78 is 5.34. The maximum atomic E-state index is 11.1. The molecule has 0 aliphatic carbocycles. The van der Waals surface area contributed by atoms with E-state index < -0.39 is 5.97 Å². The second kappa shape index (κ2) is 5.91. The number of benzene rings is 3. The Labute approximate surface area is 144 Å². The molecule has 4 aromatic rings. The molecule has 1 aromatic heterocycles. The zero-order valence-electron chi connectivity index (χ0n) is 13.6. The molecule has 0 atom stereocenters. The monoisotopic (exact) mass is 329 g/mol. The number of hydrogen-bond acceptors (Lipinski definition) is 3. The van der Waals surface area contributed by atoms with E-state index in [1.54, 1.807) is 31.4 Å². The number of fused-ring (bicyclic) bond motifs is 3. The van der Waals surface area contributed by atoms with Gasteiger partial charge in [0.05, 0.1) is 23.9 Å². The van der Waals surface area contributed by atoms with Gasteiger partial charge in [-0.1, -0.05) is 36.4 Å². The molecule has 0 unspecified atom stereocenters. The highest BCUT2D eigenvalue weighted by atomic mass is 16.5. The van der Waals surface area contributed by atoms with Crippen molar-refractivity contribution in [1.82, 2.24) is 4.98 Å². The van der Waals surface area contributed by atoms with Crippen LogP contribution >= 0.6 is 0 Å². The quantitative estimate of drug-likeness (QED) is 0.550. The maximum Gasteiger partial charge on any atom is 0.335 e. The number of carbonyl (C=O) groups is 1. The van der Waals surface area contributed by atoms with Crippen molar-refractivity contribution in [2.45, 2.75) is 0 Å². The SMILES string of the molecule is COc1ccc2nc(-c3ccc(C(=O)O)cc3)c3ccccc3c2c1. The Morgan fingerprint density at radius 3 is 2.32 bits per heavy atom. The molecule has 25 heavy (non-hydrogen) atoms. The number of methoxy groups -OCH3 is 1. The molecule has 0 aliphatic rings. The minimum absolute atomic E-state index is 0.263. The van der Waals surface area contributed by atoms with E-state index in [0.29, 0.717) is 0 Å². The average Bonchev–Trinajstić information content (AvgIpc) is 2.67. The molecule has 3 aromatic carbocycles. The largest absolute Gasteiger partial charge is 0.497 e. The molecule has 0 aliphatic heterocycles. The van der Waals surface area contributed by atoms with Crippen molar-refractivity contribution in [1.29, 1.82) is 0 Å². The number of carboxylic acid groups (broad SMARTS) is 1. The topological polar surface area (TPSA) is 59.4 Å². The molecule has 0 amide bonds. The molecule has 0 saturated heterocycles. The summed E-state index contributed by atoms with van der Waals surface area (Å²) in [4.78, 5) is 15.9. The zero-order valence-corrected chi connectivity index (χ0v) is 13.6. The highest BCUT2D eigenvalue weighted by molar-refractivity contribution is 6.11. The van der Waals surface area contributed by atoms with Crippen molar-refractivity contribution in [2.75, 3.05) is 7.11 Å². The molecule has 0 bridgehead atoms. The number of hydrogen-bond donors (Lipinski definition) is 1. The molecule has 4 heteroatoms. The Hall–Kier alpha value is -3.40. The lowest BCUT2D eigenvalue weighted by Gasteiger charge is -2.11. The van der Waals surface area contributed by atoms with Crippen LogP contribution < -0.4 is 4.74 Å². The standard InChI is InChI=1S/C21H15NO3/c1-25-15-10-11-19-18(12-15)16-4-2-3-5-17(16)20(22-19)13-6-8-14(9-7-13)21(23)24/h2-12H,1H3,(H,23,24). The van der Waals surface area contributed by atoms with Crippen molar-refractivity contribution in [2.24, 2.45) is 0 Å². The molecular formula is C21H15NO3. The fourth-order valence-corrected chi connectivity index (χ4v) is 3.05. The zero-order chi connectivity index (χ0) is 17.4. The summed E-state index contributed by atoms with van der Waals surface area (Å²) in [6.07, 6.45) is 0. The Balaban J connectivity index is 2.01. The number of carboxylic acids is 1. The van der Waals surface area contributed by atoms with Crippen LogP contribution in [0.3, 0.4) is 0 Å². The van der Waals surface area contributed by atoms with Gasteiger partial charge in [0.2, 0.25) is 0 Å². The third kappa shape index (κ3) is 2.58. The van der Waals surface area contributed by atoms with Gasteiger partial charge in [0, 0.05) is 16.3 Å². The van der Waals surface area contributed by atoms with E-state index in [4.69, 9.17) is 14.8 Å². The van der Waals surface area contributed by atoms with Crippen LogP contribution in [-0.4, -0.2) is 23.2 Å². The van der Waals surface area contributed by atoms with Gasteiger partial charge in [-0.3, -0.25) is 0 Å². The van der Waals surface area contributed by atoms with Crippen LogP contribution in [0.5, 0.6) is 5.75 Å². The van der Waals surface area contributed by atoms with Crippen LogP contribution in [0.25, 0.3) is 32.9 Å². The van der Waals surface area contributed by atoms with Crippen LogP contribution in [-0.2, 0) is 0 Å². The van der Waals surface area contributed by atoms with Crippen LogP contribution in [0, 0.1) is 0 Å². The molecule has 0 fully saturated rings. The first-order valence-electron chi connectivity index (χ1n) is 7.87. The van der Waals surface area contributed by atoms with E-state index in [0.717, 1.165) is 38.7 Å². The van der Waals surface area contributed by atoms with E-state index in [9.17, 15) is 4.79 Å². The van der Waals surface area contributed by atoms with Crippen molar-refractivity contribution in [3.8, 4) is 17.0 Å². The van der Waals surface area contributed by atoms with Crippen LogP contribution in [0.4, 0.5) is 0 Å². The van der Waals surface area contributed by atoms with Gasteiger partial charge < -0.3 is 9.84 Å². The van der Waals surface area contributed by atoms with Crippen molar-refractivity contribution in [3.63, 3.8) is 0 Å². The van der Waals surface area contributed by atoms with Crippen LogP contribution in [0.1, 0.15) is 10.4 Å². The number of nitrogens with zero attached hydrogens (tertiary/aromatic N) is 1. The Kier molecular flexibility index (Phi) is 3.58. The van der Waals surface area contributed by atoms with Gasteiger partial charge in [0.25, 0.3) is 0 Å². The molecule has 0 saturated carbocycles. The number of aromatic carboxylic acids is 1. The van der Waals surface area contributed by atoms with E-state index in [-0.39, 0.29) is 5.56 Å². The van der Waals surface area contributed by atoms with Crippen molar-refractivity contribution in [3.05, 3.63) is 72.3 Å². The lowest BCUT2D eigenvalue weighted by Crippen LogP contribution is -1.96. The van der Waals surface area contributed by atoms with Gasteiger partial charge in [-0.15, -0.1) is 0 Å². The molecule has 1 N–H and O–H groups in total. The number of pyridine rings is 1. The highest BCUT2D eigenvalue weighted by Crippen LogP contribution is 2.33. The summed E-state index contributed by atoms with van der Waals surface area (Å²) >= 11 is 0. The Bertz CT molecular complexity index is 1100. The first-order valence-corrected chi connectivity index (χ1v) is 7.87. The van der Waals surface area contributed by atoms with Crippen LogP contribution in [0.15, 0.2) is 66.7 Å². The first kappa shape index (κ1) is 15.1. The molecular weight excluding hydrogens is 314 g/mol. The fraction of sp³-hybridized carbons (Fsp3) is 0.0476. The van der Waals surface area contributed by atoms with Gasteiger partial charge in [0.1, 0.15) is 5.75 Å². The maximum absolute atomic E-state index is 11.1. The predicted octanol–water partition coefficient (Wildman–Crippen LogP) is 4.76. The minimum Gasteiger partial charge on any atom is -0.497 e. The van der Waals surface area contributed by atoms with Gasteiger partial charge in [0.15, 0.2) is 0 Å². The first-order chi connectivity index (χ1) is 12.2. The summed E-state index contributed by atoms with van der Waals surface area (Å²) in [7, 11) is 1.65. The van der Waals surface area contributed by atoms with E-state index in [2.05, 4.69) is 6.07 Å². The second-order valence-electron chi connectivity index (χ2n) is 5.77. The summed E-state index contributed by atoms with van der Waals surface area (Å²) in [5, 5.41) is 12.2. The highest BCUT2D eigenvalue weighted by Gasteiger charge is 2.11. The van der Waals surface area contributed by atoms with Crippen LogP contribution in [0.2, 0.25) is 0 Å². The summed E-state index contributed by atoms with van der Waals surface area (Å²) in [5.74, 6) is -0.145. The molecule has 1 heterocycles. The van der Waals surface area contributed by atoms with Gasteiger partial charge >= 0.3 is 5.97 Å². The van der Waals surface area contributed by atoms with Crippen molar-refractivity contribution < 1.29 is 14.6 Å². The Morgan fingerprint density at radius 2 is 1.64 bits per heavy atom. The van der Waals surface area contributed by atoms with Crippen molar-refractivity contribution >= 4 is 27.6 Å². The minimum atomic E-state index is -0.935. The number of aromatic nitrogens is 1. The smallest absolute Gasteiger partial charge is 0.335 e. The third-order valence-electron chi connectivity index (χ3n) is 4.31. The summed E-state index contributed by atoms with van der Waals surface area (Å²) in [6, 6.07) is 20.7. The van der Waals surface area contributed by atoms with Gasteiger partial charge in [-0.2, -0.15) is 0 Å². The number of ether oxygens (including phenoxy) is 1. The molecule has 0 spiro atoms. The van der Waals surface area contributed by atoms with E-state index in [1.165, 1.54) is 0 Å². The second-order valence-corrected chi connectivity index (χ2v) is 5.77. The Morgan fingerprint density at radius 1 is 0.920 bits per heavy atom. The average molecular weight is 329 g/mol. The molecule has 4 nitrogen and oxygen atoms in total. The summed E-state index contributed by atoms with van der Waals surface area (Å²) in [6.45, 7) is 0. The third-order valence-corrected chi connectivity index (χ3v) is 4.31. The molecule has 4 rings (SSSR count). The molecule has 122 valence electrons. The number of rotatable bonds is 3. The van der Waals surface area contributed by atoms with E-state index in [1.807, 2.05) is 36.4 Å². The fourth-order valence-electron chi connectivity index (χ4n) is 3.05.